The molecule has 3 rings (SSSR count). The van der Waals surface area contributed by atoms with Gasteiger partial charge in [-0.05, 0) is 30.5 Å². The smallest absolute Gasteiger partial charge is 0.257 e. The highest BCUT2D eigenvalue weighted by Crippen LogP contribution is 2.25. The first-order valence-electron chi connectivity index (χ1n) is 5.98. The maximum absolute atomic E-state index is 12.1. The van der Waals surface area contributed by atoms with E-state index in [9.17, 15) is 4.79 Å². The first-order chi connectivity index (χ1) is 9.72. The van der Waals surface area contributed by atoms with Crippen LogP contribution in [-0.2, 0) is 0 Å². The number of amides is 1. The number of carbonyl (C=O) groups is 1. The molecule has 0 bridgehead atoms. The van der Waals surface area contributed by atoms with Gasteiger partial charge in [-0.15, -0.1) is 11.3 Å². The van der Waals surface area contributed by atoms with Gasteiger partial charge in [0.15, 0.2) is 5.82 Å². The van der Waals surface area contributed by atoms with Crippen molar-refractivity contribution in [2.75, 3.05) is 5.32 Å². The lowest BCUT2D eigenvalue weighted by Crippen LogP contribution is -2.11. The fourth-order valence-corrected chi connectivity index (χ4v) is 3.03. The van der Waals surface area contributed by atoms with E-state index in [1.807, 2.05) is 42.6 Å². The molecule has 0 spiro atoms. The number of nitrogens with zero attached hydrogens (tertiary/aromatic N) is 2. The molecule has 0 aliphatic heterocycles. The largest absolute Gasteiger partial charge is 0.297 e. The minimum Gasteiger partial charge on any atom is -0.297 e. The molecule has 0 fully saturated rings. The number of rotatable bonds is 3. The van der Waals surface area contributed by atoms with Crippen molar-refractivity contribution in [1.29, 1.82) is 0 Å². The van der Waals surface area contributed by atoms with Gasteiger partial charge in [0.05, 0.1) is 4.88 Å². The Morgan fingerprint density at radius 1 is 1.25 bits per heavy atom. The molecule has 1 amide bonds. The molecule has 0 aliphatic rings. The lowest BCUT2D eigenvalue weighted by molar-refractivity contribution is 0.102. The van der Waals surface area contributed by atoms with Crippen LogP contribution in [0.3, 0.4) is 0 Å². The van der Waals surface area contributed by atoms with E-state index in [0.717, 1.165) is 10.4 Å². The molecule has 2 heterocycles. The van der Waals surface area contributed by atoms with Crippen molar-refractivity contribution in [3.8, 4) is 10.7 Å². The highest BCUT2D eigenvalue weighted by molar-refractivity contribution is 7.14. The Morgan fingerprint density at radius 3 is 2.90 bits per heavy atom. The Kier molecular flexibility index (Phi) is 3.58. The number of anilines is 1. The first kappa shape index (κ1) is 13.0. The molecule has 100 valence electrons. The molecular formula is C14H11N3OS2. The van der Waals surface area contributed by atoms with Crippen molar-refractivity contribution in [2.45, 2.75) is 6.92 Å². The molecule has 0 saturated heterocycles. The van der Waals surface area contributed by atoms with Gasteiger partial charge in [-0.1, -0.05) is 23.8 Å². The van der Waals surface area contributed by atoms with Crippen molar-refractivity contribution in [2.24, 2.45) is 0 Å². The predicted octanol–water partition coefficient (Wildman–Crippen LogP) is 3.83. The van der Waals surface area contributed by atoms with Gasteiger partial charge in [0.2, 0.25) is 5.13 Å². The monoisotopic (exact) mass is 301 g/mol. The summed E-state index contributed by atoms with van der Waals surface area (Å²) in [4.78, 5) is 17.4. The van der Waals surface area contributed by atoms with Crippen molar-refractivity contribution >= 4 is 33.9 Å². The van der Waals surface area contributed by atoms with Crippen LogP contribution >= 0.6 is 22.9 Å². The van der Waals surface area contributed by atoms with E-state index >= 15 is 0 Å². The zero-order valence-corrected chi connectivity index (χ0v) is 12.3. The number of benzene rings is 1. The van der Waals surface area contributed by atoms with Crippen LogP contribution in [0.25, 0.3) is 10.7 Å². The molecule has 1 aromatic carbocycles. The summed E-state index contributed by atoms with van der Waals surface area (Å²) in [5.41, 5.74) is 1.67. The number of nitrogens with one attached hydrogen (secondary N) is 1. The van der Waals surface area contributed by atoms with E-state index in [2.05, 4.69) is 14.7 Å². The second kappa shape index (κ2) is 5.52. The van der Waals surface area contributed by atoms with Crippen LogP contribution < -0.4 is 5.32 Å². The molecule has 0 radical (unpaired) electrons. The molecule has 0 saturated carbocycles. The van der Waals surface area contributed by atoms with E-state index in [0.29, 0.717) is 16.5 Å². The Bertz CT molecular complexity index is 734. The average molecular weight is 301 g/mol. The maximum Gasteiger partial charge on any atom is 0.257 e. The van der Waals surface area contributed by atoms with Gasteiger partial charge in [-0.3, -0.25) is 10.1 Å². The number of thiophene rings is 1. The Hall–Kier alpha value is -2.05. The van der Waals surface area contributed by atoms with E-state index < -0.39 is 0 Å². The number of hydrogen-bond donors (Lipinski definition) is 1. The second-order valence-corrected chi connectivity index (χ2v) is 5.92. The molecule has 20 heavy (non-hydrogen) atoms. The van der Waals surface area contributed by atoms with Crippen molar-refractivity contribution in [1.82, 2.24) is 9.36 Å². The molecular weight excluding hydrogens is 290 g/mol. The predicted molar refractivity (Wildman–Crippen MR) is 82.4 cm³/mol. The van der Waals surface area contributed by atoms with Gasteiger partial charge >= 0.3 is 0 Å². The molecule has 0 unspecified atom stereocenters. The minimum absolute atomic E-state index is 0.164. The molecule has 0 aliphatic carbocycles. The fraction of sp³-hybridized carbons (Fsp3) is 0.0714. The summed E-state index contributed by atoms with van der Waals surface area (Å²) in [6.45, 7) is 1.95. The average Bonchev–Trinajstić information content (AvgIpc) is 3.08. The normalized spacial score (nSPS) is 10.4. The maximum atomic E-state index is 12.1. The van der Waals surface area contributed by atoms with Gasteiger partial charge in [-0.25, -0.2) is 0 Å². The van der Waals surface area contributed by atoms with Crippen LogP contribution in [0.2, 0.25) is 0 Å². The van der Waals surface area contributed by atoms with Gasteiger partial charge < -0.3 is 0 Å². The van der Waals surface area contributed by atoms with Gasteiger partial charge in [0, 0.05) is 17.1 Å². The van der Waals surface area contributed by atoms with E-state index in [-0.39, 0.29) is 5.91 Å². The van der Waals surface area contributed by atoms with E-state index in [1.54, 1.807) is 17.4 Å². The zero-order valence-electron chi connectivity index (χ0n) is 10.7. The van der Waals surface area contributed by atoms with Crippen LogP contribution in [0.4, 0.5) is 5.13 Å². The minimum atomic E-state index is -0.164. The summed E-state index contributed by atoms with van der Waals surface area (Å²) in [6, 6.07) is 11.4. The summed E-state index contributed by atoms with van der Waals surface area (Å²) in [6.07, 6.45) is 0. The lowest BCUT2D eigenvalue weighted by Gasteiger charge is -2.01. The molecule has 3 aromatic rings. The first-order valence-corrected chi connectivity index (χ1v) is 7.63. The summed E-state index contributed by atoms with van der Waals surface area (Å²) in [5, 5.41) is 5.27. The highest BCUT2D eigenvalue weighted by Gasteiger charge is 2.11. The van der Waals surface area contributed by atoms with Crippen LogP contribution in [-0.4, -0.2) is 15.3 Å². The Labute approximate surface area is 124 Å². The molecule has 0 atom stereocenters. The van der Waals surface area contributed by atoms with Crippen molar-refractivity contribution < 1.29 is 4.79 Å². The molecule has 1 N–H and O–H groups in total. The lowest BCUT2D eigenvalue weighted by atomic mass is 10.1. The third-order valence-electron chi connectivity index (χ3n) is 2.67. The summed E-state index contributed by atoms with van der Waals surface area (Å²) >= 11 is 2.76. The van der Waals surface area contributed by atoms with E-state index in [1.165, 1.54) is 11.5 Å². The second-order valence-electron chi connectivity index (χ2n) is 4.22. The van der Waals surface area contributed by atoms with Crippen molar-refractivity contribution in [3.05, 3.63) is 52.9 Å². The number of aromatic nitrogens is 2. The third kappa shape index (κ3) is 2.76. The Morgan fingerprint density at radius 2 is 2.15 bits per heavy atom. The van der Waals surface area contributed by atoms with Gasteiger partial charge in [-0.2, -0.15) is 9.36 Å². The molecule has 6 heteroatoms. The SMILES string of the molecule is Cc1cccc(C(=O)Nc2nc(-c3cccs3)ns2)c1. The number of hydrogen-bond acceptors (Lipinski definition) is 5. The summed E-state index contributed by atoms with van der Waals surface area (Å²) in [5.74, 6) is 0.493. The number of carbonyl (C=O) groups excluding carboxylic acids is 1. The van der Waals surface area contributed by atoms with Gasteiger partial charge in [0.25, 0.3) is 5.91 Å². The fourth-order valence-electron chi connectivity index (χ4n) is 1.74. The van der Waals surface area contributed by atoms with E-state index in [4.69, 9.17) is 0 Å². The van der Waals surface area contributed by atoms with Crippen LogP contribution in [0, 0.1) is 6.92 Å². The van der Waals surface area contributed by atoms with Crippen molar-refractivity contribution in [3.63, 3.8) is 0 Å². The quantitative estimate of drug-likeness (QED) is 0.800. The Balaban J connectivity index is 1.77. The summed E-state index contributed by atoms with van der Waals surface area (Å²) < 4.78 is 4.25. The molecule has 4 nitrogen and oxygen atoms in total. The third-order valence-corrected chi connectivity index (χ3v) is 4.16. The topological polar surface area (TPSA) is 54.9 Å². The highest BCUT2D eigenvalue weighted by atomic mass is 32.1. The molecule has 2 aromatic heterocycles. The van der Waals surface area contributed by atoms with Crippen LogP contribution in [0.15, 0.2) is 41.8 Å². The number of aryl methyl sites for hydroxylation is 1. The zero-order chi connectivity index (χ0) is 13.9. The van der Waals surface area contributed by atoms with Crippen LogP contribution in [0.1, 0.15) is 15.9 Å². The standard InChI is InChI=1S/C14H11N3OS2/c1-9-4-2-5-10(8-9)13(18)16-14-15-12(17-20-14)11-6-3-7-19-11/h2-8H,1H3,(H,15,16,17,18). The van der Waals surface area contributed by atoms with Gasteiger partial charge in [0.1, 0.15) is 0 Å². The van der Waals surface area contributed by atoms with Crippen LogP contribution in [0.5, 0.6) is 0 Å². The summed E-state index contributed by atoms with van der Waals surface area (Å²) in [7, 11) is 0.